The molecule has 3 rings (SSSR count). The lowest BCUT2D eigenvalue weighted by Gasteiger charge is -2.32. The third-order valence-corrected chi connectivity index (χ3v) is 6.36. The highest BCUT2D eigenvalue weighted by atomic mass is 19.4. The molecule has 2 heterocycles. The Morgan fingerprint density at radius 3 is 2.40 bits per heavy atom. The number of pyridine rings is 1. The van der Waals surface area contributed by atoms with Gasteiger partial charge in [-0.05, 0) is 32.0 Å². The molecule has 0 aliphatic carbocycles. The minimum absolute atomic E-state index is 0.106. The SMILES string of the molecule is COc1c([C@@H]2[C@@H](C(=O)Nc3ccc([C@H](C)O)nc3)O[C@](C)(C(F)(F)F)[C@@H]2C)ccc(F)c1C(F)F. The van der Waals surface area contributed by atoms with E-state index in [9.17, 15) is 36.2 Å². The van der Waals surface area contributed by atoms with Crippen molar-refractivity contribution in [3.8, 4) is 5.75 Å². The van der Waals surface area contributed by atoms with Gasteiger partial charge in [-0.15, -0.1) is 0 Å². The van der Waals surface area contributed by atoms with Crippen molar-refractivity contribution in [2.24, 2.45) is 5.92 Å². The highest BCUT2D eigenvalue weighted by Gasteiger charge is 2.66. The summed E-state index contributed by atoms with van der Waals surface area (Å²) in [4.78, 5) is 17.1. The lowest BCUT2D eigenvalue weighted by atomic mass is 9.76. The van der Waals surface area contributed by atoms with E-state index in [0.29, 0.717) is 11.8 Å². The fourth-order valence-electron chi connectivity index (χ4n) is 4.25. The molecule has 0 radical (unpaired) electrons. The summed E-state index contributed by atoms with van der Waals surface area (Å²) in [5, 5.41) is 12.0. The lowest BCUT2D eigenvalue weighted by molar-refractivity contribution is -0.272. The molecule has 0 unspecified atom stereocenters. The maximum Gasteiger partial charge on any atom is 0.417 e. The van der Waals surface area contributed by atoms with Gasteiger partial charge in [0.15, 0.2) is 5.60 Å². The van der Waals surface area contributed by atoms with E-state index in [0.717, 1.165) is 20.1 Å². The van der Waals surface area contributed by atoms with Crippen molar-refractivity contribution < 1.29 is 45.7 Å². The largest absolute Gasteiger partial charge is 0.496 e. The van der Waals surface area contributed by atoms with E-state index in [2.05, 4.69) is 10.3 Å². The number of ether oxygens (including phenoxy) is 2. The molecule has 1 saturated heterocycles. The molecule has 6 nitrogen and oxygen atoms in total. The average molecular weight is 506 g/mol. The lowest BCUT2D eigenvalue weighted by Crippen LogP contribution is -2.47. The number of methoxy groups -OCH3 is 1. The highest BCUT2D eigenvalue weighted by Crippen LogP contribution is 2.55. The Bertz CT molecular complexity index is 1080. The normalized spacial score (nSPS) is 25.5. The van der Waals surface area contributed by atoms with Crippen LogP contribution in [0.3, 0.4) is 0 Å². The molecule has 1 fully saturated rings. The van der Waals surface area contributed by atoms with Crippen LogP contribution in [0.2, 0.25) is 0 Å². The van der Waals surface area contributed by atoms with Gasteiger partial charge in [-0.1, -0.05) is 13.0 Å². The van der Waals surface area contributed by atoms with Crippen molar-refractivity contribution in [1.82, 2.24) is 4.98 Å². The number of halogens is 6. The van der Waals surface area contributed by atoms with Gasteiger partial charge in [0, 0.05) is 17.4 Å². The van der Waals surface area contributed by atoms with Crippen molar-refractivity contribution >= 4 is 11.6 Å². The maximum atomic E-state index is 14.2. The summed E-state index contributed by atoms with van der Waals surface area (Å²) in [6.45, 7) is 3.41. The molecule has 12 heteroatoms. The van der Waals surface area contributed by atoms with Gasteiger partial charge in [-0.2, -0.15) is 13.2 Å². The van der Waals surface area contributed by atoms with Crippen LogP contribution in [0.25, 0.3) is 0 Å². The predicted molar refractivity (Wildman–Crippen MR) is 113 cm³/mol. The van der Waals surface area contributed by atoms with Crippen molar-refractivity contribution in [1.29, 1.82) is 0 Å². The van der Waals surface area contributed by atoms with Gasteiger partial charge in [0.05, 0.1) is 36.4 Å². The number of anilines is 1. The quantitative estimate of drug-likeness (QED) is 0.520. The van der Waals surface area contributed by atoms with Gasteiger partial charge < -0.3 is 19.9 Å². The predicted octanol–water partition coefficient (Wildman–Crippen LogP) is 5.30. The molecule has 1 aromatic heterocycles. The van der Waals surface area contributed by atoms with Gasteiger partial charge >= 0.3 is 6.18 Å². The minimum atomic E-state index is -4.92. The third-order valence-electron chi connectivity index (χ3n) is 6.36. The summed E-state index contributed by atoms with van der Waals surface area (Å²) in [7, 11) is 0.984. The van der Waals surface area contributed by atoms with Crippen LogP contribution in [-0.4, -0.2) is 41.0 Å². The standard InChI is InChI=1S/C23H24F6N2O4/c1-10-16(13-6-7-14(24)17(20(25)26)18(13)34-4)19(35-22(10,3)23(27,28)29)21(33)31-12-5-8-15(11(2)32)30-9-12/h5-11,16,19-20,32H,1-4H3,(H,31,33)/t10-,11+,16-,19+,22+/m1/s1. The molecule has 5 atom stereocenters. The van der Waals surface area contributed by atoms with Crippen molar-refractivity contribution in [3.05, 3.63) is 53.1 Å². The molecule has 1 amide bonds. The number of carbonyl (C=O) groups is 1. The molecule has 2 N–H and O–H groups in total. The van der Waals surface area contributed by atoms with Gasteiger partial charge in [0.1, 0.15) is 17.7 Å². The Morgan fingerprint density at radius 1 is 1.26 bits per heavy atom. The van der Waals surface area contributed by atoms with Crippen molar-refractivity contribution in [3.63, 3.8) is 0 Å². The van der Waals surface area contributed by atoms with Crippen LogP contribution in [0, 0.1) is 11.7 Å². The maximum absolute atomic E-state index is 14.2. The summed E-state index contributed by atoms with van der Waals surface area (Å²) in [6, 6.07) is 4.51. The summed E-state index contributed by atoms with van der Waals surface area (Å²) in [6.07, 6.45) is -9.71. The Kier molecular flexibility index (Phi) is 7.37. The molecule has 35 heavy (non-hydrogen) atoms. The molecule has 1 aromatic carbocycles. The zero-order valence-electron chi connectivity index (χ0n) is 19.2. The van der Waals surface area contributed by atoms with Crippen LogP contribution in [0.15, 0.2) is 30.5 Å². The van der Waals surface area contributed by atoms with E-state index in [1.165, 1.54) is 32.2 Å². The number of hydrogen-bond donors (Lipinski definition) is 2. The monoisotopic (exact) mass is 506 g/mol. The fraction of sp³-hybridized carbons (Fsp3) is 0.478. The van der Waals surface area contributed by atoms with Gasteiger partial charge in [-0.25, -0.2) is 13.2 Å². The van der Waals surface area contributed by atoms with Crippen molar-refractivity contribution in [2.45, 2.75) is 57.1 Å². The number of rotatable bonds is 6. The number of benzene rings is 1. The molecule has 0 bridgehead atoms. The summed E-state index contributed by atoms with van der Waals surface area (Å²) in [5.41, 5.74) is -3.75. The molecule has 1 aliphatic heterocycles. The third kappa shape index (κ3) is 4.81. The zero-order chi connectivity index (χ0) is 26.3. The number of aliphatic hydroxyl groups is 1. The van der Waals surface area contributed by atoms with Crippen LogP contribution < -0.4 is 10.1 Å². The molecule has 2 aromatic rings. The van der Waals surface area contributed by atoms with Gasteiger partial charge in [-0.3, -0.25) is 9.78 Å². The van der Waals surface area contributed by atoms with E-state index in [1.807, 2.05) is 0 Å². The van der Waals surface area contributed by atoms with Crippen LogP contribution >= 0.6 is 0 Å². The molecule has 1 aliphatic rings. The first-order chi connectivity index (χ1) is 16.2. The molecule has 0 saturated carbocycles. The number of aromatic nitrogens is 1. The van der Waals surface area contributed by atoms with Crippen LogP contribution in [-0.2, 0) is 9.53 Å². The smallest absolute Gasteiger partial charge is 0.417 e. The van der Waals surface area contributed by atoms with E-state index < -0.39 is 65.3 Å². The van der Waals surface area contributed by atoms with E-state index in [1.54, 1.807) is 0 Å². The topological polar surface area (TPSA) is 80.7 Å². The number of aliphatic hydroxyl groups excluding tert-OH is 1. The van der Waals surface area contributed by atoms with Crippen molar-refractivity contribution in [2.75, 3.05) is 12.4 Å². The van der Waals surface area contributed by atoms with E-state index >= 15 is 0 Å². The number of nitrogens with zero attached hydrogens (tertiary/aromatic N) is 1. The fourth-order valence-corrected chi connectivity index (χ4v) is 4.25. The van der Waals surface area contributed by atoms with Crippen LogP contribution in [0.1, 0.15) is 56.0 Å². The molecular weight excluding hydrogens is 482 g/mol. The van der Waals surface area contributed by atoms with Crippen LogP contribution in [0.5, 0.6) is 5.75 Å². The Labute approximate surface area is 197 Å². The number of amides is 1. The highest BCUT2D eigenvalue weighted by molar-refractivity contribution is 5.95. The number of alkyl halides is 5. The molecule has 192 valence electrons. The zero-order valence-corrected chi connectivity index (χ0v) is 19.2. The number of hydrogen-bond acceptors (Lipinski definition) is 5. The van der Waals surface area contributed by atoms with E-state index in [4.69, 9.17) is 9.47 Å². The number of nitrogens with one attached hydrogen (secondary N) is 1. The van der Waals surface area contributed by atoms with Gasteiger partial charge in [0.25, 0.3) is 12.3 Å². The average Bonchev–Trinajstić information content (AvgIpc) is 3.05. The van der Waals surface area contributed by atoms with E-state index in [-0.39, 0.29) is 11.3 Å². The number of carbonyl (C=O) groups excluding carboxylic acids is 1. The van der Waals surface area contributed by atoms with Gasteiger partial charge in [0.2, 0.25) is 0 Å². The first-order valence-electron chi connectivity index (χ1n) is 10.6. The second kappa shape index (κ2) is 9.65. The second-order valence-electron chi connectivity index (χ2n) is 8.48. The Balaban J connectivity index is 2.08. The first kappa shape index (κ1) is 26.7. The summed E-state index contributed by atoms with van der Waals surface area (Å²) < 4.78 is 93.6. The summed E-state index contributed by atoms with van der Waals surface area (Å²) in [5.74, 6) is -5.80. The Morgan fingerprint density at radius 2 is 1.91 bits per heavy atom. The summed E-state index contributed by atoms with van der Waals surface area (Å²) >= 11 is 0. The minimum Gasteiger partial charge on any atom is -0.496 e. The molecular formula is C23H24F6N2O4. The second-order valence-corrected chi connectivity index (χ2v) is 8.48. The molecule has 0 spiro atoms. The van der Waals surface area contributed by atoms with Crippen LogP contribution in [0.4, 0.5) is 32.0 Å². The first-order valence-corrected chi connectivity index (χ1v) is 10.6. The Hall–Kier alpha value is -2.86.